The van der Waals surface area contributed by atoms with Crippen molar-refractivity contribution in [2.45, 2.75) is 150 Å². The monoisotopic (exact) mass is 542 g/mol. The highest BCUT2D eigenvalue weighted by molar-refractivity contribution is 4.48. The molecule has 0 bridgehead atoms. The van der Waals surface area contributed by atoms with E-state index in [0.717, 1.165) is 13.0 Å². The van der Waals surface area contributed by atoms with Gasteiger partial charge in [-0.1, -0.05) is 104 Å². The third-order valence-electron chi connectivity index (χ3n) is 7.56. The molecule has 218 valence electrons. The van der Waals surface area contributed by atoms with Gasteiger partial charge in [0.05, 0.1) is 40.3 Å². The molecule has 35 heavy (non-hydrogen) atoms. The summed E-state index contributed by atoms with van der Waals surface area (Å²) in [6.45, 7) is 17.8. The summed E-state index contributed by atoms with van der Waals surface area (Å²) in [4.78, 5) is 0. The molecular weight excluding hydrogens is 475 g/mol. The summed E-state index contributed by atoms with van der Waals surface area (Å²) in [5.41, 5.74) is 0. The molecule has 0 saturated heterocycles. The van der Waals surface area contributed by atoms with E-state index >= 15 is 0 Å². The molecule has 0 aliphatic rings. The molecule has 0 heterocycles. The van der Waals surface area contributed by atoms with E-state index in [0.29, 0.717) is 0 Å². The van der Waals surface area contributed by atoms with Crippen molar-refractivity contribution in [3.63, 3.8) is 0 Å². The Balaban J connectivity index is -0.000000260. The van der Waals surface area contributed by atoms with E-state index in [2.05, 4.69) is 34.6 Å². The minimum Gasteiger partial charge on any atom is -1.00 e. The fourth-order valence-electron chi connectivity index (χ4n) is 4.71. The molecule has 5 heteroatoms. The molecule has 0 spiro atoms. The maximum atomic E-state index is 9.48. The third-order valence-corrected chi connectivity index (χ3v) is 7.56. The fraction of sp³-hybridized carbons (Fsp3) is 1.00. The number of hydrogen-bond donors (Lipinski definition) is 1. The molecule has 0 unspecified atom stereocenters. The van der Waals surface area contributed by atoms with Gasteiger partial charge in [-0.2, -0.15) is 4.65 Å². The number of rotatable bonds is 23. The molecule has 3 nitrogen and oxygen atoms in total. The Morgan fingerprint density at radius 2 is 0.657 bits per heavy atom. The Bertz CT molecular complexity index is 364. The molecular formula is C30H68Cl2N2O. The van der Waals surface area contributed by atoms with Crippen LogP contribution < -0.4 is 24.8 Å². The van der Waals surface area contributed by atoms with Crippen LogP contribution in [0.3, 0.4) is 0 Å². The molecule has 0 aliphatic heterocycles. The average Bonchev–Trinajstić information content (AvgIpc) is 2.79. The molecule has 0 fully saturated rings. The lowest BCUT2D eigenvalue weighted by molar-refractivity contribution is -1.07. The summed E-state index contributed by atoms with van der Waals surface area (Å²) < 4.78 is 1.45. The predicted octanol–water partition coefficient (Wildman–Crippen LogP) is 3.38. The molecule has 0 radical (unpaired) electrons. The Hall–Kier alpha value is 0.460. The zero-order chi connectivity index (χ0) is 25.3. The van der Waals surface area contributed by atoms with Crippen molar-refractivity contribution in [1.29, 1.82) is 0 Å². The second-order valence-corrected chi connectivity index (χ2v) is 11.0. The minimum atomic E-state index is 0. The molecule has 0 aromatic rings. The van der Waals surface area contributed by atoms with Crippen LogP contribution in [-0.4, -0.2) is 61.2 Å². The van der Waals surface area contributed by atoms with Crippen molar-refractivity contribution >= 4 is 0 Å². The molecule has 0 atom stereocenters. The van der Waals surface area contributed by atoms with Crippen LogP contribution in [0.1, 0.15) is 150 Å². The van der Waals surface area contributed by atoms with Crippen LogP contribution in [-0.2, 0) is 0 Å². The van der Waals surface area contributed by atoms with Crippen molar-refractivity contribution in [2.75, 3.05) is 46.8 Å². The van der Waals surface area contributed by atoms with Crippen molar-refractivity contribution in [1.82, 2.24) is 0 Å². The van der Waals surface area contributed by atoms with Gasteiger partial charge in [-0.3, -0.25) is 0 Å². The quantitative estimate of drug-likeness (QED) is 0.119. The number of hydrogen-bond acceptors (Lipinski definition) is 1. The highest BCUT2D eigenvalue weighted by Crippen LogP contribution is 2.13. The Morgan fingerprint density at radius 3 is 0.914 bits per heavy atom. The van der Waals surface area contributed by atoms with E-state index in [1.165, 1.54) is 140 Å². The van der Waals surface area contributed by atoms with E-state index in [1.807, 2.05) is 14.1 Å². The summed E-state index contributed by atoms with van der Waals surface area (Å²) >= 11 is 0. The molecule has 0 saturated carbocycles. The number of halogens is 2. The first-order chi connectivity index (χ1) is 15.8. The maximum absolute atomic E-state index is 9.48. The van der Waals surface area contributed by atoms with Crippen LogP contribution in [0, 0.1) is 0 Å². The first kappa shape index (κ1) is 42.5. The zero-order valence-corrected chi connectivity index (χ0v) is 26.9. The first-order valence-electron chi connectivity index (χ1n) is 15.2. The number of quaternary nitrogens is 2. The Morgan fingerprint density at radius 1 is 0.400 bits per heavy atom. The number of hydroxylamine groups is 3. The van der Waals surface area contributed by atoms with E-state index in [4.69, 9.17) is 0 Å². The smallest absolute Gasteiger partial charge is 0.108 e. The molecule has 0 aromatic carbocycles. The second-order valence-electron chi connectivity index (χ2n) is 11.0. The summed E-state index contributed by atoms with van der Waals surface area (Å²) in [5, 5.41) is 9.48. The van der Waals surface area contributed by atoms with Gasteiger partial charge in [-0.15, -0.1) is 0 Å². The predicted molar refractivity (Wildman–Crippen MR) is 150 cm³/mol. The number of unbranched alkanes of at least 4 members (excludes halogenated alkanes) is 16. The maximum Gasteiger partial charge on any atom is 0.108 e. The van der Waals surface area contributed by atoms with Crippen LogP contribution in [0.4, 0.5) is 0 Å². The SMILES string of the molecule is CCCCCCCCCCCC[N+](C)(C)O.CCCCCCCCCC[N+](CC)(CC)CC.[Cl-].[Cl-]. The van der Waals surface area contributed by atoms with Crippen molar-refractivity contribution in [3.05, 3.63) is 0 Å². The van der Waals surface area contributed by atoms with Crippen LogP contribution in [0.25, 0.3) is 0 Å². The van der Waals surface area contributed by atoms with Gasteiger partial charge in [-0.25, -0.2) is 5.21 Å². The van der Waals surface area contributed by atoms with E-state index in [9.17, 15) is 5.21 Å². The standard InChI is InChI=1S/C16H36N.C14H32NO.2ClH/c1-5-9-10-11-12-13-14-15-16-17(6-2,7-3)8-4;1-4-5-6-7-8-9-10-11-12-13-14-15(2,3)16;;/h5-16H2,1-4H3;16H,4-14H2,1-3H3;2*1H/q2*+1;;/p-2. The topological polar surface area (TPSA) is 20.2 Å². The Labute approximate surface area is 235 Å². The van der Waals surface area contributed by atoms with Crippen LogP contribution in [0.15, 0.2) is 0 Å². The first-order valence-corrected chi connectivity index (χ1v) is 15.2. The zero-order valence-electron chi connectivity index (χ0n) is 25.4. The third kappa shape index (κ3) is 32.4. The second kappa shape index (κ2) is 30.7. The highest BCUT2D eigenvalue weighted by atomic mass is 35.5. The van der Waals surface area contributed by atoms with E-state index in [-0.39, 0.29) is 29.5 Å². The van der Waals surface area contributed by atoms with Crippen LogP contribution in [0.5, 0.6) is 0 Å². The van der Waals surface area contributed by atoms with Crippen LogP contribution >= 0.6 is 0 Å². The van der Waals surface area contributed by atoms with Crippen molar-refractivity contribution < 1.29 is 39.2 Å². The van der Waals surface area contributed by atoms with Crippen LogP contribution in [0.2, 0.25) is 0 Å². The molecule has 0 rings (SSSR count). The minimum absolute atomic E-state index is 0. The average molecular weight is 544 g/mol. The summed E-state index contributed by atoms with van der Waals surface area (Å²) in [6, 6.07) is 0. The van der Waals surface area contributed by atoms with Gasteiger partial charge in [0.15, 0.2) is 0 Å². The summed E-state index contributed by atoms with van der Waals surface area (Å²) in [5.74, 6) is 0. The summed E-state index contributed by atoms with van der Waals surface area (Å²) in [7, 11) is 3.68. The van der Waals surface area contributed by atoms with Crippen molar-refractivity contribution in [3.8, 4) is 0 Å². The molecule has 0 aromatic heterocycles. The van der Waals surface area contributed by atoms with Gasteiger partial charge >= 0.3 is 0 Å². The van der Waals surface area contributed by atoms with Gasteiger partial charge in [0.2, 0.25) is 0 Å². The lowest BCUT2D eigenvalue weighted by Gasteiger charge is -2.35. The normalized spacial score (nSPS) is 11.3. The fourth-order valence-corrected chi connectivity index (χ4v) is 4.71. The summed E-state index contributed by atoms with van der Waals surface area (Å²) in [6.07, 6.45) is 25.1. The Kier molecular flexibility index (Phi) is 37.3. The molecule has 0 aliphatic carbocycles. The van der Waals surface area contributed by atoms with Gasteiger partial charge in [0, 0.05) is 0 Å². The highest BCUT2D eigenvalue weighted by Gasteiger charge is 2.19. The lowest BCUT2D eigenvalue weighted by atomic mass is 10.1. The lowest BCUT2D eigenvalue weighted by Crippen LogP contribution is -3.00. The molecule has 1 N–H and O–H groups in total. The van der Waals surface area contributed by atoms with E-state index < -0.39 is 0 Å². The van der Waals surface area contributed by atoms with E-state index in [1.54, 1.807) is 0 Å². The molecule has 0 amide bonds. The van der Waals surface area contributed by atoms with Gasteiger partial charge in [0.25, 0.3) is 0 Å². The van der Waals surface area contributed by atoms with Gasteiger partial charge < -0.3 is 29.3 Å². The van der Waals surface area contributed by atoms with Gasteiger partial charge in [0.1, 0.15) is 6.54 Å². The largest absolute Gasteiger partial charge is 1.00 e. The van der Waals surface area contributed by atoms with Crippen molar-refractivity contribution in [2.24, 2.45) is 0 Å². The van der Waals surface area contributed by atoms with Gasteiger partial charge in [-0.05, 0) is 46.5 Å². The number of nitrogens with zero attached hydrogens (tertiary/aromatic N) is 2.